The van der Waals surface area contributed by atoms with Crippen molar-refractivity contribution in [1.82, 2.24) is 9.97 Å². The average Bonchev–Trinajstić information content (AvgIpc) is 2.51. The summed E-state index contributed by atoms with van der Waals surface area (Å²) in [5.74, 6) is 0.167. The molecule has 2 radical (unpaired) electrons. The van der Waals surface area contributed by atoms with E-state index in [1.165, 1.54) is 13.8 Å². The Kier molecular flexibility index (Phi) is 41.8. The van der Waals surface area contributed by atoms with Crippen LogP contribution in [0.15, 0.2) is 66.3 Å². The molecule has 2 heterocycles. The Morgan fingerprint density at radius 3 is 1.04 bits per heavy atom. The quantitative estimate of drug-likeness (QED) is 0.305. The van der Waals surface area contributed by atoms with Crippen molar-refractivity contribution in [1.29, 1.82) is 0 Å². The van der Waals surface area contributed by atoms with Crippen molar-refractivity contribution >= 4 is 11.5 Å². The molecule has 0 fully saturated rings. The van der Waals surface area contributed by atoms with Crippen LogP contribution in [0.1, 0.15) is 35.1 Å². The van der Waals surface area contributed by atoms with Crippen LogP contribution < -0.4 is 0 Å². The van der Waals surface area contributed by atoms with Crippen molar-refractivity contribution < 1.29 is 45.6 Å². The number of rotatable bonds is 0. The largest absolute Gasteiger partial charge is 0.411 e. The summed E-state index contributed by atoms with van der Waals surface area (Å²) >= 11 is 0. The molecule has 2 rings (SSSR count). The second-order valence-electron chi connectivity index (χ2n) is 4.00. The normalized spacial score (nSPS) is 6.50. The third kappa shape index (κ3) is 49.9. The van der Waals surface area contributed by atoms with Gasteiger partial charge in [-0.15, -0.1) is 0 Å². The summed E-state index contributed by atoms with van der Waals surface area (Å²) in [5, 5.41) is 10.5. The van der Waals surface area contributed by atoms with Crippen LogP contribution >= 0.6 is 0 Å². The van der Waals surface area contributed by atoms with Gasteiger partial charge in [-0.1, -0.05) is 24.7 Å². The minimum Gasteiger partial charge on any atom is -0.411 e. The molecule has 5 nitrogen and oxygen atoms in total. The number of oxime groups is 1. The van der Waals surface area contributed by atoms with Gasteiger partial charge in [0.1, 0.15) is 5.78 Å². The summed E-state index contributed by atoms with van der Waals surface area (Å²) in [7, 11) is 0. The van der Waals surface area contributed by atoms with Crippen molar-refractivity contribution in [3.8, 4) is 0 Å². The van der Waals surface area contributed by atoms with E-state index in [1.54, 1.807) is 38.6 Å². The summed E-state index contributed by atoms with van der Waals surface area (Å²) in [6, 6.07) is 11.4. The molecule has 24 heavy (non-hydrogen) atoms. The first-order chi connectivity index (χ1) is 10.0. The maximum absolute atomic E-state index is 9.44. The molecule has 0 spiro atoms. The van der Waals surface area contributed by atoms with E-state index in [9.17, 15) is 4.79 Å². The van der Waals surface area contributed by atoms with Crippen LogP contribution in [-0.4, -0.2) is 26.7 Å². The molecule has 2 aromatic heterocycles. The second kappa shape index (κ2) is 29.5. The molecule has 0 aliphatic carbocycles. The van der Waals surface area contributed by atoms with Crippen LogP contribution in [0.5, 0.6) is 0 Å². The van der Waals surface area contributed by atoms with Crippen LogP contribution in [0, 0.1) is 0 Å². The van der Waals surface area contributed by atoms with E-state index in [4.69, 9.17) is 5.21 Å². The summed E-state index contributed by atoms with van der Waals surface area (Å²) < 4.78 is 0. The van der Waals surface area contributed by atoms with Crippen LogP contribution in [0.2, 0.25) is 0 Å². The fraction of sp³-hybridized carbons (Fsp3) is 0.294. The standard InChI is InChI=1S/2C5H5N.C3H7NO.C3H6O.CH4.Mn.V/c2*1-2-4-6-5-3-1;1-3(2)4-5;1-3(2)4;;;/h2*1-5H;5H,1-2H3;1-2H3;1H4;;. The number of aromatic nitrogens is 2. The molecule has 0 aliphatic heterocycles. The Morgan fingerprint density at radius 2 is 1.00 bits per heavy atom. The summed E-state index contributed by atoms with van der Waals surface area (Å²) in [5.41, 5.74) is 0.685. The van der Waals surface area contributed by atoms with Crippen molar-refractivity contribution in [2.45, 2.75) is 35.1 Å². The van der Waals surface area contributed by atoms with Gasteiger partial charge in [-0.3, -0.25) is 9.97 Å². The zero-order valence-electron chi connectivity index (χ0n) is 13.8. The Hall–Kier alpha value is -1.46. The number of carbonyl (C=O) groups is 1. The summed E-state index contributed by atoms with van der Waals surface area (Å²) in [6.07, 6.45) is 7.00. The fourth-order valence-corrected chi connectivity index (χ4v) is 0.625. The van der Waals surface area contributed by atoms with E-state index in [-0.39, 0.29) is 48.8 Å². The maximum atomic E-state index is 9.44. The van der Waals surface area contributed by atoms with Crippen LogP contribution in [0.4, 0.5) is 0 Å². The van der Waals surface area contributed by atoms with Gasteiger partial charge in [0, 0.05) is 60.4 Å². The first-order valence-electron chi connectivity index (χ1n) is 6.33. The number of hydrogen-bond donors (Lipinski definition) is 1. The van der Waals surface area contributed by atoms with Crippen molar-refractivity contribution in [3.05, 3.63) is 61.2 Å². The number of nitrogens with zero attached hydrogens (tertiary/aromatic N) is 3. The molecule has 0 unspecified atom stereocenters. The zero-order valence-corrected chi connectivity index (χ0v) is 16.4. The van der Waals surface area contributed by atoms with E-state index in [0.29, 0.717) is 5.71 Å². The van der Waals surface area contributed by atoms with Gasteiger partial charge < -0.3 is 10.0 Å². The van der Waals surface area contributed by atoms with Gasteiger partial charge in [0.05, 0.1) is 5.71 Å². The predicted octanol–water partition coefficient (Wildman–Crippen LogP) is 4.25. The molecule has 0 amide bonds. The molecule has 0 aromatic carbocycles. The molecule has 0 saturated carbocycles. The van der Waals surface area contributed by atoms with Gasteiger partial charge in [-0.25, -0.2) is 0 Å². The first kappa shape index (κ1) is 34.0. The van der Waals surface area contributed by atoms with Crippen molar-refractivity contribution in [3.63, 3.8) is 0 Å². The molecule has 0 saturated heterocycles. The SMILES string of the molecule is C.CC(C)=NO.CC(C)=O.[Mn].[V].c1ccncc1.c1ccncc1. The Balaban J connectivity index is -0.0000000651. The first-order valence-corrected chi connectivity index (χ1v) is 6.33. The molecule has 7 heteroatoms. The predicted molar refractivity (Wildman–Crippen MR) is 92.1 cm³/mol. The van der Waals surface area contributed by atoms with Crippen LogP contribution in [0.3, 0.4) is 0 Å². The van der Waals surface area contributed by atoms with Gasteiger partial charge in [0.25, 0.3) is 0 Å². The van der Waals surface area contributed by atoms with Crippen molar-refractivity contribution in [2.24, 2.45) is 5.16 Å². The van der Waals surface area contributed by atoms with E-state index >= 15 is 0 Å². The Bertz CT molecular complexity index is 379. The molecule has 0 aliphatic rings. The summed E-state index contributed by atoms with van der Waals surface area (Å²) in [6.45, 7) is 6.50. The van der Waals surface area contributed by atoms with Crippen LogP contribution in [-0.2, 0) is 40.4 Å². The molecular weight excluding hydrogens is 384 g/mol. The van der Waals surface area contributed by atoms with E-state index in [1.807, 2.05) is 36.4 Å². The molecule has 0 bridgehead atoms. The van der Waals surface area contributed by atoms with Gasteiger partial charge in [0.15, 0.2) is 0 Å². The third-order valence-electron chi connectivity index (χ3n) is 1.33. The monoisotopic (exact) mass is 411 g/mol. The minimum absolute atomic E-state index is 0. The van der Waals surface area contributed by atoms with E-state index in [2.05, 4.69) is 15.1 Å². The van der Waals surface area contributed by atoms with Gasteiger partial charge in [-0.05, 0) is 52.0 Å². The number of Topliss-reactive ketones (excluding diaryl/α,β-unsaturated/α-hetero) is 1. The number of ketones is 1. The molecule has 134 valence electrons. The summed E-state index contributed by atoms with van der Waals surface area (Å²) in [4.78, 5) is 17.0. The average molecular weight is 411 g/mol. The third-order valence-corrected chi connectivity index (χ3v) is 1.33. The second-order valence-corrected chi connectivity index (χ2v) is 4.00. The molecular formula is C17H27MnN3O2V. The number of hydrogen-bond acceptors (Lipinski definition) is 5. The maximum Gasteiger partial charge on any atom is 0.126 e. The number of pyridine rings is 2. The van der Waals surface area contributed by atoms with E-state index < -0.39 is 0 Å². The smallest absolute Gasteiger partial charge is 0.126 e. The van der Waals surface area contributed by atoms with Gasteiger partial charge in [0.2, 0.25) is 0 Å². The zero-order chi connectivity index (χ0) is 16.3. The Morgan fingerprint density at radius 1 is 0.792 bits per heavy atom. The topological polar surface area (TPSA) is 75.4 Å². The molecule has 0 atom stereocenters. The van der Waals surface area contributed by atoms with Crippen molar-refractivity contribution in [2.75, 3.05) is 0 Å². The van der Waals surface area contributed by atoms with Gasteiger partial charge in [-0.2, -0.15) is 0 Å². The Labute approximate surface area is 168 Å². The van der Waals surface area contributed by atoms with Gasteiger partial charge >= 0.3 is 0 Å². The number of carbonyl (C=O) groups excluding carboxylic acids is 1. The minimum atomic E-state index is 0. The van der Waals surface area contributed by atoms with E-state index in [0.717, 1.165) is 0 Å². The molecule has 2 aromatic rings. The molecule has 1 N–H and O–H groups in total. The fourth-order valence-electron chi connectivity index (χ4n) is 0.625. The van der Waals surface area contributed by atoms with Crippen LogP contribution in [0.25, 0.3) is 0 Å².